The second-order valence-corrected chi connectivity index (χ2v) is 8.19. The predicted molar refractivity (Wildman–Crippen MR) is 102 cm³/mol. The summed E-state index contributed by atoms with van der Waals surface area (Å²) < 4.78 is 0. The summed E-state index contributed by atoms with van der Waals surface area (Å²) in [5.41, 5.74) is 0.522. The molecule has 1 aromatic rings. The summed E-state index contributed by atoms with van der Waals surface area (Å²) >= 11 is 0. The number of anilines is 1. The van der Waals surface area contributed by atoms with Crippen molar-refractivity contribution < 1.29 is 14.7 Å². The molecule has 142 valence electrons. The number of hydrogen-bond donors (Lipinski definition) is 2. The quantitative estimate of drug-likeness (QED) is 0.792. The molecule has 1 aromatic carbocycles. The Balaban J connectivity index is 1.57. The van der Waals surface area contributed by atoms with Crippen molar-refractivity contribution in [1.82, 2.24) is 4.90 Å². The summed E-state index contributed by atoms with van der Waals surface area (Å²) in [7, 11) is 1.75. The van der Waals surface area contributed by atoms with Gasteiger partial charge in [0.25, 0.3) is 5.91 Å². The second kappa shape index (κ2) is 7.78. The van der Waals surface area contributed by atoms with Gasteiger partial charge in [-0.3, -0.25) is 9.59 Å². The van der Waals surface area contributed by atoms with E-state index in [4.69, 9.17) is 0 Å². The third kappa shape index (κ3) is 4.64. The average Bonchev–Trinajstić information content (AvgIpc) is 3.38. The summed E-state index contributed by atoms with van der Waals surface area (Å²) in [5.74, 6) is 0.558. The van der Waals surface area contributed by atoms with Crippen molar-refractivity contribution in [2.24, 2.45) is 11.8 Å². The van der Waals surface area contributed by atoms with E-state index in [0.29, 0.717) is 18.0 Å². The van der Waals surface area contributed by atoms with E-state index < -0.39 is 5.60 Å². The van der Waals surface area contributed by atoms with Gasteiger partial charge in [-0.05, 0) is 49.4 Å². The molecule has 2 fully saturated rings. The number of nitrogens with zero attached hydrogens (tertiary/aromatic N) is 1. The van der Waals surface area contributed by atoms with Crippen LogP contribution >= 0.6 is 0 Å². The van der Waals surface area contributed by atoms with Crippen LogP contribution in [-0.4, -0.2) is 41.0 Å². The first-order valence-corrected chi connectivity index (χ1v) is 9.77. The molecule has 2 aliphatic carbocycles. The van der Waals surface area contributed by atoms with E-state index in [1.54, 1.807) is 36.2 Å². The highest BCUT2D eigenvalue weighted by Crippen LogP contribution is 2.38. The zero-order chi connectivity index (χ0) is 18.7. The molecule has 3 rings (SSSR count). The van der Waals surface area contributed by atoms with Crippen LogP contribution in [0.25, 0.3) is 0 Å². The molecule has 2 amide bonds. The van der Waals surface area contributed by atoms with Crippen molar-refractivity contribution in [3.05, 3.63) is 29.8 Å². The van der Waals surface area contributed by atoms with Gasteiger partial charge >= 0.3 is 0 Å². The molecule has 5 nitrogen and oxygen atoms in total. The Morgan fingerprint density at radius 2 is 1.73 bits per heavy atom. The Labute approximate surface area is 155 Å². The number of aliphatic hydroxyl groups is 1. The standard InChI is InChI=1S/C21H30N2O3/c1-15-13-18(15)19(24)22-17-9-7-16(8-10-17)20(25)23(2)14-21(26)11-5-3-4-6-12-21/h7-10,15,18,26H,3-6,11-14H2,1-2H3,(H,22,24)/t15-,18-/m0/s1. The molecule has 2 atom stereocenters. The first-order chi connectivity index (χ1) is 12.4. The van der Waals surface area contributed by atoms with Gasteiger partial charge in [0.05, 0.1) is 5.60 Å². The smallest absolute Gasteiger partial charge is 0.253 e. The molecule has 0 heterocycles. The van der Waals surface area contributed by atoms with Crippen molar-refractivity contribution in [3.8, 4) is 0 Å². The summed E-state index contributed by atoms with van der Waals surface area (Å²) in [6.07, 6.45) is 6.83. The minimum atomic E-state index is -0.768. The third-order valence-electron chi connectivity index (χ3n) is 5.76. The minimum Gasteiger partial charge on any atom is -0.388 e. The van der Waals surface area contributed by atoms with Crippen molar-refractivity contribution >= 4 is 17.5 Å². The molecular formula is C21H30N2O3. The zero-order valence-corrected chi connectivity index (χ0v) is 15.8. The zero-order valence-electron chi connectivity index (χ0n) is 15.8. The molecule has 0 radical (unpaired) electrons. The van der Waals surface area contributed by atoms with Crippen LogP contribution in [0.1, 0.15) is 62.2 Å². The van der Waals surface area contributed by atoms with E-state index in [1.807, 2.05) is 0 Å². The van der Waals surface area contributed by atoms with E-state index in [-0.39, 0.29) is 17.7 Å². The molecular weight excluding hydrogens is 328 g/mol. The van der Waals surface area contributed by atoms with Crippen LogP contribution in [0, 0.1) is 11.8 Å². The Bertz CT molecular complexity index is 648. The predicted octanol–water partition coefficient (Wildman–Crippen LogP) is 3.44. The summed E-state index contributed by atoms with van der Waals surface area (Å²) in [5, 5.41) is 13.7. The SMILES string of the molecule is C[C@H]1C[C@@H]1C(=O)Nc1ccc(C(=O)N(C)CC2(O)CCCCCC2)cc1. The fourth-order valence-corrected chi connectivity index (χ4v) is 3.90. The number of hydrogen-bond acceptors (Lipinski definition) is 3. The number of benzene rings is 1. The van der Waals surface area contributed by atoms with Crippen molar-refractivity contribution in [2.75, 3.05) is 18.9 Å². The molecule has 0 spiro atoms. The van der Waals surface area contributed by atoms with Crippen LogP contribution in [0.2, 0.25) is 0 Å². The van der Waals surface area contributed by atoms with Gasteiger partial charge in [0, 0.05) is 30.8 Å². The fourth-order valence-electron chi connectivity index (χ4n) is 3.90. The Kier molecular flexibility index (Phi) is 5.66. The van der Waals surface area contributed by atoms with E-state index >= 15 is 0 Å². The second-order valence-electron chi connectivity index (χ2n) is 8.19. The molecule has 2 N–H and O–H groups in total. The molecule has 5 heteroatoms. The normalized spacial score (nSPS) is 24.4. The summed E-state index contributed by atoms with van der Waals surface area (Å²) in [6, 6.07) is 7.02. The maximum absolute atomic E-state index is 12.7. The van der Waals surface area contributed by atoms with Gasteiger partial charge < -0.3 is 15.3 Å². The number of likely N-dealkylation sites (N-methyl/N-ethyl adjacent to an activating group) is 1. The topological polar surface area (TPSA) is 69.6 Å². The van der Waals surface area contributed by atoms with Crippen molar-refractivity contribution in [3.63, 3.8) is 0 Å². The minimum absolute atomic E-state index is 0.0595. The first kappa shape index (κ1) is 18.9. The maximum Gasteiger partial charge on any atom is 0.253 e. The van der Waals surface area contributed by atoms with E-state index in [2.05, 4.69) is 12.2 Å². The molecule has 0 aromatic heterocycles. The molecule has 0 unspecified atom stereocenters. The highest BCUT2D eigenvalue weighted by molar-refractivity contribution is 5.96. The number of nitrogens with one attached hydrogen (secondary N) is 1. The Hall–Kier alpha value is -1.88. The van der Waals surface area contributed by atoms with E-state index in [9.17, 15) is 14.7 Å². The number of rotatable bonds is 5. The fraction of sp³-hybridized carbons (Fsp3) is 0.619. The van der Waals surface area contributed by atoms with Crippen molar-refractivity contribution in [2.45, 2.75) is 57.5 Å². The lowest BCUT2D eigenvalue weighted by Gasteiger charge is -2.31. The van der Waals surface area contributed by atoms with Crippen LogP contribution in [0.5, 0.6) is 0 Å². The number of carbonyl (C=O) groups excluding carboxylic acids is 2. The Morgan fingerprint density at radius 1 is 1.15 bits per heavy atom. The summed E-state index contributed by atoms with van der Waals surface area (Å²) in [6.45, 7) is 2.44. The molecule has 26 heavy (non-hydrogen) atoms. The van der Waals surface area contributed by atoms with Gasteiger partial charge in [0.1, 0.15) is 0 Å². The lowest BCUT2D eigenvalue weighted by Crippen LogP contribution is -2.43. The molecule has 0 saturated heterocycles. The van der Waals surface area contributed by atoms with Crippen LogP contribution in [0.4, 0.5) is 5.69 Å². The lowest BCUT2D eigenvalue weighted by molar-refractivity contribution is -0.117. The number of carbonyl (C=O) groups is 2. The van der Waals surface area contributed by atoms with E-state index in [0.717, 1.165) is 50.6 Å². The monoisotopic (exact) mass is 358 g/mol. The molecule has 0 aliphatic heterocycles. The highest BCUT2D eigenvalue weighted by Gasteiger charge is 2.39. The van der Waals surface area contributed by atoms with Crippen LogP contribution in [0.3, 0.4) is 0 Å². The lowest BCUT2D eigenvalue weighted by atomic mass is 9.94. The van der Waals surface area contributed by atoms with Gasteiger partial charge in [0.15, 0.2) is 0 Å². The number of amides is 2. The first-order valence-electron chi connectivity index (χ1n) is 9.77. The Morgan fingerprint density at radius 3 is 2.27 bits per heavy atom. The van der Waals surface area contributed by atoms with Crippen LogP contribution in [0.15, 0.2) is 24.3 Å². The van der Waals surface area contributed by atoms with Gasteiger partial charge in [-0.2, -0.15) is 0 Å². The van der Waals surface area contributed by atoms with Crippen LogP contribution < -0.4 is 5.32 Å². The average molecular weight is 358 g/mol. The summed E-state index contributed by atoms with van der Waals surface area (Å²) in [4.78, 5) is 26.3. The molecule has 2 saturated carbocycles. The van der Waals surface area contributed by atoms with Gasteiger partial charge in [-0.25, -0.2) is 0 Å². The third-order valence-corrected chi connectivity index (χ3v) is 5.76. The van der Waals surface area contributed by atoms with Crippen molar-refractivity contribution in [1.29, 1.82) is 0 Å². The van der Waals surface area contributed by atoms with Gasteiger partial charge in [0.2, 0.25) is 5.91 Å². The molecule has 2 aliphatic rings. The maximum atomic E-state index is 12.7. The van der Waals surface area contributed by atoms with Gasteiger partial charge in [-0.15, -0.1) is 0 Å². The van der Waals surface area contributed by atoms with Crippen LogP contribution in [-0.2, 0) is 4.79 Å². The molecule has 0 bridgehead atoms. The van der Waals surface area contributed by atoms with Gasteiger partial charge in [-0.1, -0.05) is 32.6 Å². The largest absolute Gasteiger partial charge is 0.388 e. The highest BCUT2D eigenvalue weighted by atomic mass is 16.3. The van der Waals surface area contributed by atoms with E-state index in [1.165, 1.54) is 0 Å².